The van der Waals surface area contributed by atoms with E-state index >= 15 is 0 Å². The van der Waals surface area contributed by atoms with E-state index in [0.29, 0.717) is 41.3 Å². The molecule has 0 radical (unpaired) electrons. The molecule has 0 bridgehead atoms. The number of carboxylic acid groups (broad SMARTS) is 1. The summed E-state index contributed by atoms with van der Waals surface area (Å²) in [6.07, 6.45) is 5.76. The maximum atomic E-state index is 13.3. The minimum absolute atomic E-state index is 0.00807. The Morgan fingerprint density at radius 2 is 1.97 bits per heavy atom. The van der Waals surface area contributed by atoms with Gasteiger partial charge in [-0.15, -0.1) is 0 Å². The molecule has 1 aliphatic carbocycles. The number of halogens is 2. The summed E-state index contributed by atoms with van der Waals surface area (Å²) in [6.45, 7) is 0. The molecule has 0 aliphatic heterocycles. The Morgan fingerprint density at radius 1 is 1.17 bits per heavy atom. The number of hydrogen-bond donors (Lipinski definition) is 3. The van der Waals surface area contributed by atoms with Gasteiger partial charge in [0, 0.05) is 17.9 Å². The summed E-state index contributed by atoms with van der Waals surface area (Å²) in [7, 11) is 0. The van der Waals surface area contributed by atoms with E-state index in [1.165, 1.54) is 18.5 Å². The summed E-state index contributed by atoms with van der Waals surface area (Å²) in [5.74, 6) is -0.588. The van der Waals surface area contributed by atoms with Crippen LogP contribution in [0.2, 0.25) is 5.02 Å². The molecular weight excluding hydrogens is 399 g/mol. The topological polar surface area (TPSA) is 113 Å². The molecule has 2 heterocycles. The lowest BCUT2D eigenvalue weighted by Gasteiger charge is -2.26. The minimum Gasteiger partial charge on any atom is -0.481 e. The van der Waals surface area contributed by atoms with Crippen molar-refractivity contribution in [3.8, 4) is 0 Å². The van der Waals surface area contributed by atoms with Crippen molar-refractivity contribution in [1.29, 1.82) is 0 Å². The normalized spacial score (nSPS) is 19.1. The number of benzene rings is 1. The van der Waals surface area contributed by atoms with Crippen LogP contribution in [-0.4, -0.2) is 37.1 Å². The largest absolute Gasteiger partial charge is 0.481 e. The van der Waals surface area contributed by atoms with Gasteiger partial charge in [-0.3, -0.25) is 4.79 Å². The third-order valence-electron chi connectivity index (χ3n) is 4.98. The van der Waals surface area contributed by atoms with Gasteiger partial charge in [-0.1, -0.05) is 11.6 Å². The van der Waals surface area contributed by atoms with Gasteiger partial charge in [0.2, 0.25) is 5.95 Å². The molecule has 0 amide bonds. The molecule has 3 N–H and O–H groups in total. The van der Waals surface area contributed by atoms with Crippen LogP contribution in [0.1, 0.15) is 25.7 Å². The van der Waals surface area contributed by atoms with E-state index in [-0.39, 0.29) is 17.0 Å². The maximum absolute atomic E-state index is 13.3. The molecule has 3 aromatic rings. The van der Waals surface area contributed by atoms with E-state index in [0.717, 1.165) is 12.8 Å². The first kappa shape index (κ1) is 19.3. The van der Waals surface area contributed by atoms with Crippen molar-refractivity contribution in [2.24, 2.45) is 5.92 Å². The van der Waals surface area contributed by atoms with Crippen LogP contribution in [0.5, 0.6) is 0 Å². The number of nitrogens with zero attached hydrogens (tertiary/aromatic N) is 4. The summed E-state index contributed by atoms with van der Waals surface area (Å²) in [5.41, 5.74) is 1.03. The van der Waals surface area contributed by atoms with Gasteiger partial charge in [-0.25, -0.2) is 19.3 Å². The number of nitrogens with one attached hydrogen (secondary N) is 2. The van der Waals surface area contributed by atoms with Gasteiger partial charge in [0.1, 0.15) is 18.0 Å². The smallest absolute Gasteiger partial charge is 0.306 e. The van der Waals surface area contributed by atoms with Crippen molar-refractivity contribution in [2.75, 3.05) is 10.6 Å². The fraction of sp³-hybridized carbons (Fsp3) is 0.316. The fourth-order valence-electron chi connectivity index (χ4n) is 3.40. The molecular formula is C19H18ClFN6O2. The third kappa shape index (κ3) is 4.34. The van der Waals surface area contributed by atoms with Crippen LogP contribution in [0.4, 0.5) is 21.8 Å². The van der Waals surface area contributed by atoms with Crippen molar-refractivity contribution >= 4 is 46.1 Å². The van der Waals surface area contributed by atoms with Crippen molar-refractivity contribution < 1.29 is 14.3 Å². The fourth-order valence-corrected chi connectivity index (χ4v) is 3.58. The van der Waals surface area contributed by atoms with Crippen LogP contribution >= 0.6 is 11.6 Å². The highest BCUT2D eigenvalue weighted by Gasteiger charge is 2.26. The second kappa shape index (κ2) is 8.12. The number of fused-ring (bicyclic) bond motifs is 1. The molecule has 0 spiro atoms. The van der Waals surface area contributed by atoms with Crippen molar-refractivity contribution in [1.82, 2.24) is 19.9 Å². The van der Waals surface area contributed by atoms with Gasteiger partial charge in [0.25, 0.3) is 0 Å². The number of anilines is 3. The molecule has 1 saturated carbocycles. The third-order valence-corrected chi connectivity index (χ3v) is 5.27. The second-order valence-corrected chi connectivity index (χ2v) is 7.35. The molecule has 1 aromatic carbocycles. The van der Waals surface area contributed by atoms with E-state index in [4.69, 9.17) is 16.7 Å². The lowest BCUT2D eigenvalue weighted by molar-refractivity contribution is -0.142. The van der Waals surface area contributed by atoms with Crippen LogP contribution < -0.4 is 10.6 Å². The van der Waals surface area contributed by atoms with Gasteiger partial charge < -0.3 is 15.7 Å². The van der Waals surface area contributed by atoms with Crippen molar-refractivity contribution in [2.45, 2.75) is 31.7 Å². The molecule has 29 heavy (non-hydrogen) atoms. The number of aliphatic carboxylic acids is 1. The van der Waals surface area contributed by atoms with Gasteiger partial charge in [-0.2, -0.15) is 4.98 Å². The molecule has 2 aromatic heterocycles. The zero-order valence-corrected chi connectivity index (χ0v) is 16.0. The summed E-state index contributed by atoms with van der Waals surface area (Å²) in [4.78, 5) is 28.3. The van der Waals surface area contributed by atoms with Crippen LogP contribution in [0.25, 0.3) is 11.0 Å². The predicted molar refractivity (Wildman–Crippen MR) is 107 cm³/mol. The minimum atomic E-state index is -0.732. The zero-order valence-electron chi connectivity index (χ0n) is 15.3. The summed E-state index contributed by atoms with van der Waals surface area (Å²) in [5, 5.41) is 16.0. The van der Waals surface area contributed by atoms with E-state index in [1.807, 2.05) is 0 Å². The number of aromatic nitrogens is 4. The summed E-state index contributed by atoms with van der Waals surface area (Å²) < 4.78 is 13.3. The van der Waals surface area contributed by atoms with Crippen LogP contribution in [0.3, 0.4) is 0 Å². The lowest BCUT2D eigenvalue weighted by atomic mass is 9.86. The average molecular weight is 417 g/mol. The molecule has 1 fully saturated rings. The van der Waals surface area contributed by atoms with Crippen molar-refractivity contribution in [3.05, 3.63) is 41.6 Å². The monoisotopic (exact) mass is 416 g/mol. The van der Waals surface area contributed by atoms with Crippen LogP contribution in [0, 0.1) is 11.7 Å². The highest BCUT2D eigenvalue weighted by Crippen LogP contribution is 2.28. The van der Waals surface area contributed by atoms with E-state index in [2.05, 4.69) is 30.6 Å². The van der Waals surface area contributed by atoms with E-state index in [9.17, 15) is 9.18 Å². The Kier molecular flexibility index (Phi) is 5.39. The lowest BCUT2D eigenvalue weighted by Crippen LogP contribution is -2.29. The summed E-state index contributed by atoms with van der Waals surface area (Å²) in [6, 6.07) is 4.42. The first-order valence-corrected chi connectivity index (χ1v) is 9.56. The summed E-state index contributed by atoms with van der Waals surface area (Å²) >= 11 is 5.82. The van der Waals surface area contributed by atoms with Crippen LogP contribution in [0.15, 0.2) is 30.7 Å². The Bertz CT molecular complexity index is 1060. The van der Waals surface area contributed by atoms with Gasteiger partial charge >= 0.3 is 5.97 Å². The van der Waals surface area contributed by atoms with E-state index < -0.39 is 11.8 Å². The number of rotatable bonds is 5. The molecule has 0 saturated heterocycles. The van der Waals surface area contributed by atoms with Crippen molar-refractivity contribution in [3.63, 3.8) is 0 Å². The number of carboxylic acids is 1. The van der Waals surface area contributed by atoms with E-state index in [1.54, 1.807) is 12.3 Å². The number of carbonyl (C=O) groups is 1. The molecule has 0 atom stereocenters. The zero-order chi connectivity index (χ0) is 20.4. The Balaban J connectivity index is 1.50. The molecule has 0 unspecified atom stereocenters. The first-order valence-electron chi connectivity index (χ1n) is 9.19. The SMILES string of the molecule is O=C(O)[C@H]1CC[C@H](Nc2ncc3c(Nc4ccc(F)c(Cl)c4)ncnc3n2)CC1. The second-order valence-electron chi connectivity index (χ2n) is 6.94. The van der Waals surface area contributed by atoms with Crippen LogP contribution in [-0.2, 0) is 4.79 Å². The Labute approximate surface area is 170 Å². The Hall–Kier alpha value is -3.07. The predicted octanol–water partition coefficient (Wildman–Crippen LogP) is 4.01. The first-order chi connectivity index (χ1) is 14.0. The molecule has 8 nitrogen and oxygen atoms in total. The quantitative estimate of drug-likeness (QED) is 0.571. The highest BCUT2D eigenvalue weighted by atomic mass is 35.5. The molecule has 4 rings (SSSR count). The maximum Gasteiger partial charge on any atom is 0.306 e. The standard InChI is InChI=1S/C19H18ClFN6O2/c20-14-7-12(5-6-15(14)21)25-16-13-8-22-19(27-17(13)24-9-23-16)26-11-3-1-10(2-4-11)18(28)29/h5-11H,1-4H2,(H,28,29)(H2,22,23,24,25,26,27)/t10-,11-. The van der Waals surface area contributed by atoms with Gasteiger partial charge in [0.05, 0.1) is 16.3 Å². The number of hydrogen-bond acceptors (Lipinski definition) is 7. The molecule has 1 aliphatic rings. The molecule has 150 valence electrons. The Morgan fingerprint density at radius 3 is 2.69 bits per heavy atom. The molecule has 10 heteroatoms. The average Bonchev–Trinajstić information content (AvgIpc) is 2.71. The van der Waals surface area contributed by atoms with Gasteiger partial charge in [-0.05, 0) is 43.9 Å². The van der Waals surface area contributed by atoms with Gasteiger partial charge in [0.15, 0.2) is 5.65 Å². The highest BCUT2D eigenvalue weighted by molar-refractivity contribution is 6.31.